The second kappa shape index (κ2) is 3.72. The van der Waals surface area contributed by atoms with Crippen LogP contribution in [0.25, 0.3) is 10.9 Å². The largest absolute Gasteiger partial charge is 0.504 e. The Morgan fingerprint density at radius 2 is 1.93 bits per heavy atom. The predicted octanol–water partition coefficient (Wildman–Crippen LogP) is 3.85. The van der Waals surface area contributed by atoms with Crippen LogP contribution >= 0.6 is 45.8 Å². The number of pyridine rings is 1. The van der Waals surface area contributed by atoms with Crippen LogP contribution in [0.15, 0.2) is 18.2 Å². The molecule has 1 aromatic heterocycles. The molecule has 0 bridgehead atoms. The lowest BCUT2D eigenvalue weighted by Crippen LogP contribution is -1.85. The Hall–Kier alpha value is -0.260. The highest BCUT2D eigenvalue weighted by Crippen LogP contribution is 2.36. The monoisotopic (exact) mass is 339 g/mol. The Labute approximate surface area is 104 Å². The van der Waals surface area contributed by atoms with Gasteiger partial charge < -0.3 is 5.11 Å². The molecule has 0 spiro atoms. The Bertz CT molecular complexity index is 516. The molecule has 2 rings (SSSR count). The first-order valence-electron chi connectivity index (χ1n) is 3.73. The number of hydrogen-bond donors (Lipinski definition) is 1. The van der Waals surface area contributed by atoms with E-state index in [0.29, 0.717) is 15.9 Å². The third kappa shape index (κ3) is 1.64. The Morgan fingerprint density at radius 1 is 1.21 bits per heavy atom. The van der Waals surface area contributed by atoms with Crippen LogP contribution in [0.5, 0.6) is 5.75 Å². The van der Waals surface area contributed by atoms with Crippen molar-refractivity contribution in [3.8, 4) is 5.75 Å². The summed E-state index contributed by atoms with van der Waals surface area (Å²) in [6, 6.07) is 5.14. The van der Waals surface area contributed by atoms with Gasteiger partial charge in [0.2, 0.25) is 0 Å². The lowest BCUT2D eigenvalue weighted by atomic mass is 10.2. The van der Waals surface area contributed by atoms with Crippen molar-refractivity contribution in [2.75, 3.05) is 0 Å². The van der Waals surface area contributed by atoms with Crippen molar-refractivity contribution in [1.29, 1.82) is 0 Å². The highest BCUT2D eigenvalue weighted by atomic mass is 127. The van der Waals surface area contributed by atoms with Gasteiger partial charge in [0.1, 0.15) is 9.22 Å². The molecule has 0 saturated carbocycles. The number of rotatable bonds is 0. The molecule has 1 N–H and O–H groups in total. The Balaban J connectivity index is 2.95. The van der Waals surface area contributed by atoms with Crippen molar-refractivity contribution in [3.63, 3.8) is 0 Å². The van der Waals surface area contributed by atoms with Crippen molar-refractivity contribution >= 4 is 56.7 Å². The molecule has 0 amide bonds. The predicted molar refractivity (Wildman–Crippen MR) is 66.1 cm³/mol. The minimum Gasteiger partial charge on any atom is -0.504 e. The zero-order valence-electron chi connectivity index (χ0n) is 6.76. The molecule has 1 aromatic carbocycles. The van der Waals surface area contributed by atoms with Crippen LogP contribution < -0.4 is 0 Å². The average Bonchev–Trinajstić information content (AvgIpc) is 2.14. The van der Waals surface area contributed by atoms with E-state index >= 15 is 0 Å². The lowest BCUT2D eigenvalue weighted by Gasteiger charge is -2.04. The molecule has 0 aliphatic heterocycles. The van der Waals surface area contributed by atoms with Gasteiger partial charge in [0.15, 0.2) is 5.75 Å². The number of fused-ring (bicyclic) bond motifs is 1. The molecule has 2 aromatic rings. The lowest BCUT2D eigenvalue weighted by molar-refractivity contribution is 0.480. The molecular weight excluding hydrogens is 336 g/mol. The van der Waals surface area contributed by atoms with Crippen molar-refractivity contribution in [2.45, 2.75) is 0 Å². The molecule has 14 heavy (non-hydrogen) atoms. The molecule has 1 heterocycles. The number of halogens is 3. The molecule has 2 nitrogen and oxygen atoms in total. The summed E-state index contributed by atoms with van der Waals surface area (Å²) in [5.41, 5.74) is 0.439. The van der Waals surface area contributed by atoms with Gasteiger partial charge in [0, 0.05) is 5.39 Å². The van der Waals surface area contributed by atoms with Crippen molar-refractivity contribution in [1.82, 2.24) is 4.98 Å². The summed E-state index contributed by atoms with van der Waals surface area (Å²) in [5.74, 6) is -0.0235. The summed E-state index contributed by atoms with van der Waals surface area (Å²) in [6.45, 7) is 0. The molecule has 5 heteroatoms. The topological polar surface area (TPSA) is 33.1 Å². The van der Waals surface area contributed by atoms with E-state index in [2.05, 4.69) is 27.6 Å². The standard InChI is InChI=1S/C9H4Cl2INO/c10-5-3-6(11)9(14)8-4(5)1-2-7(12)13-8/h1-3,14H. The van der Waals surface area contributed by atoms with Gasteiger partial charge in [-0.05, 0) is 40.8 Å². The van der Waals surface area contributed by atoms with Crippen LogP contribution in [0.3, 0.4) is 0 Å². The summed E-state index contributed by atoms with van der Waals surface area (Å²) in [6.07, 6.45) is 0. The zero-order chi connectivity index (χ0) is 10.3. The fourth-order valence-corrected chi connectivity index (χ4v) is 2.12. The SMILES string of the molecule is Oc1c(Cl)cc(Cl)c2ccc(I)nc12. The first-order valence-corrected chi connectivity index (χ1v) is 5.56. The van der Waals surface area contributed by atoms with Gasteiger partial charge in [0.25, 0.3) is 0 Å². The van der Waals surface area contributed by atoms with Crippen LogP contribution in [0, 0.1) is 3.70 Å². The minimum absolute atomic E-state index is 0.0235. The van der Waals surface area contributed by atoms with E-state index in [0.717, 1.165) is 3.70 Å². The van der Waals surface area contributed by atoms with Crippen LogP contribution in [0.2, 0.25) is 10.0 Å². The summed E-state index contributed by atoms with van der Waals surface area (Å²) in [5, 5.41) is 11.1. The van der Waals surface area contributed by atoms with Gasteiger partial charge in [0.05, 0.1) is 10.0 Å². The van der Waals surface area contributed by atoms with E-state index in [9.17, 15) is 5.11 Å². The van der Waals surface area contributed by atoms with E-state index in [-0.39, 0.29) is 10.8 Å². The van der Waals surface area contributed by atoms with Gasteiger partial charge >= 0.3 is 0 Å². The number of phenols is 1. The van der Waals surface area contributed by atoms with Gasteiger partial charge in [-0.3, -0.25) is 0 Å². The van der Waals surface area contributed by atoms with Gasteiger partial charge in [-0.1, -0.05) is 23.2 Å². The van der Waals surface area contributed by atoms with Crippen LogP contribution in [0.4, 0.5) is 0 Å². The number of aromatic nitrogens is 1. The fraction of sp³-hybridized carbons (Fsp3) is 0. The molecule has 0 aliphatic rings. The molecule has 0 saturated heterocycles. The zero-order valence-corrected chi connectivity index (χ0v) is 10.4. The molecular formula is C9H4Cl2INO. The van der Waals surface area contributed by atoms with Crippen molar-refractivity contribution < 1.29 is 5.11 Å². The molecule has 0 aliphatic carbocycles. The second-order valence-electron chi connectivity index (χ2n) is 2.72. The maximum absolute atomic E-state index is 9.65. The molecule has 0 atom stereocenters. The number of hydrogen-bond acceptors (Lipinski definition) is 2. The average molecular weight is 340 g/mol. The number of benzene rings is 1. The Morgan fingerprint density at radius 3 is 2.64 bits per heavy atom. The third-order valence-corrected chi connectivity index (χ3v) is 3.02. The first-order chi connectivity index (χ1) is 6.59. The number of phenolic OH excluding ortho intramolecular Hbond substituents is 1. The number of aromatic hydroxyl groups is 1. The third-order valence-electron chi connectivity index (χ3n) is 1.82. The van der Waals surface area contributed by atoms with Crippen LogP contribution in [0.1, 0.15) is 0 Å². The van der Waals surface area contributed by atoms with E-state index in [4.69, 9.17) is 23.2 Å². The highest BCUT2D eigenvalue weighted by Gasteiger charge is 2.10. The van der Waals surface area contributed by atoms with E-state index < -0.39 is 0 Å². The minimum atomic E-state index is -0.0235. The molecule has 0 radical (unpaired) electrons. The van der Waals surface area contributed by atoms with E-state index in [1.165, 1.54) is 6.07 Å². The van der Waals surface area contributed by atoms with Gasteiger partial charge in [-0.2, -0.15) is 0 Å². The molecule has 72 valence electrons. The van der Waals surface area contributed by atoms with Crippen LogP contribution in [-0.2, 0) is 0 Å². The van der Waals surface area contributed by atoms with Gasteiger partial charge in [-0.15, -0.1) is 0 Å². The van der Waals surface area contributed by atoms with Gasteiger partial charge in [-0.25, -0.2) is 4.98 Å². The van der Waals surface area contributed by atoms with Crippen molar-refractivity contribution in [2.24, 2.45) is 0 Å². The molecule has 0 fully saturated rings. The summed E-state index contributed by atoms with van der Waals surface area (Å²) < 4.78 is 0.781. The first kappa shape index (κ1) is 10.3. The maximum atomic E-state index is 9.65. The molecule has 0 unspecified atom stereocenters. The summed E-state index contributed by atoms with van der Waals surface area (Å²) in [7, 11) is 0. The fourth-order valence-electron chi connectivity index (χ4n) is 1.18. The van der Waals surface area contributed by atoms with Crippen LogP contribution in [-0.4, -0.2) is 10.1 Å². The quantitative estimate of drug-likeness (QED) is 0.584. The number of nitrogens with zero attached hydrogens (tertiary/aromatic N) is 1. The second-order valence-corrected chi connectivity index (χ2v) is 4.64. The smallest absolute Gasteiger partial charge is 0.160 e. The summed E-state index contributed by atoms with van der Waals surface area (Å²) >= 11 is 13.8. The Kier molecular flexibility index (Phi) is 2.72. The van der Waals surface area contributed by atoms with E-state index in [1.807, 2.05) is 12.1 Å². The maximum Gasteiger partial charge on any atom is 0.160 e. The summed E-state index contributed by atoms with van der Waals surface area (Å²) in [4.78, 5) is 4.16. The van der Waals surface area contributed by atoms with Crippen molar-refractivity contribution in [3.05, 3.63) is 31.9 Å². The van der Waals surface area contributed by atoms with E-state index in [1.54, 1.807) is 0 Å². The normalized spacial score (nSPS) is 10.8. The highest BCUT2D eigenvalue weighted by molar-refractivity contribution is 14.1.